The molecule has 7 heteroatoms. The Hall–Kier alpha value is -2.02. The van der Waals surface area contributed by atoms with Crippen LogP contribution < -0.4 is 9.64 Å². The topological polar surface area (TPSA) is 83.9 Å². The maximum Gasteiger partial charge on any atom is 0.313 e. The Balaban J connectivity index is 2.10. The lowest BCUT2D eigenvalue weighted by molar-refractivity contribution is -0.134. The Labute approximate surface area is 126 Å². The molecule has 0 saturated carbocycles. The first-order valence-corrected chi connectivity index (χ1v) is 7.51. The number of nitrogens with zero attached hydrogens (tertiary/aromatic N) is 1. The van der Waals surface area contributed by atoms with E-state index in [1.54, 1.807) is 24.3 Å². The highest BCUT2D eigenvalue weighted by atomic mass is 32.2. The SMILES string of the molecule is CCOc1ccc(N2C(=O)C[C@H](SCC(=O)O)C2=O)cc1. The number of hydrogen-bond donors (Lipinski definition) is 1. The van der Waals surface area contributed by atoms with E-state index >= 15 is 0 Å². The van der Waals surface area contributed by atoms with Gasteiger partial charge in [0.1, 0.15) is 5.75 Å². The van der Waals surface area contributed by atoms with Crippen molar-refractivity contribution in [3.8, 4) is 5.75 Å². The Morgan fingerprint density at radius 2 is 2.05 bits per heavy atom. The molecule has 21 heavy (non-hydrogen) atoms. The number of ether oxygens (including phenoxy) is 1. The fraction of sp³-hybridized carbons (Fsp3) is 0.357. The predicted octanol–water partition coefficient (Wildman–Crippen LogP) is 1.53. The van der Waals surface area contributed by atoms with Gasteiger partial charge in [-0.3, -0.25) is 14.4 Å². The van der Waals surface area contributed by atoms with Crippen molar-refractivity contribution in [2.24, 2.45) is 0 Å². The molecule has 1 saturated heterocycles. The number of imide groups is 1. The smallest absolute Gasteiger partial charge is 0.313 e. The number of rotatable bonds is 6. The second-order valence-corrected chi connectivity index (χ2v) is 5.58. The number of carboxylic acids is 1. The van der Waals surface area contributed by atoms with Crippen LogP contribution in [0, 0.1) is 0 Å². The second kappa shape index (κ2) is 6.62. The van der Waals surface area contributed by atoms with E-state index in [2.05, 4.69) is 0 Å². The van der Waals surface area contributed by atoms with E-state index in [-0.39, 0.29) is 24.0 Å². The molecular formula is C14H15NO5S. The minimum absolute atomic E-state index is 0.0317. The van der Waals surface area contributed by atoms with Gasteiger partial charge in [0.05, 0.1) is 23.3 Å². The first-order valence-electron chi connectivity index (χ1n) is 6.46. The summed E-state index contributed by atoms with van der Waals surface area (Å²) in [5.74, 6) is -1.21. The number of amides is 2. The molecule has 1 aromatic carbocycles. The fourth-order valence-corrected chi connectivity index (χ4v) is 2.89. The summed E-state index contributed by atoms with van der Waals surface area (Å²) in [5.41, 5.74) is 0.479. The van der Waals surface area contributed by atoms with Gasteiger partial charge in [0, 0.05) is 6.42 Å². The number of carbonyl (C=O) groups is 3. The first kappa shape index (κ1) is 15.4. The highest BCUT2D eigenvalue weighted by Crippen LogP contribution is 2.30. The van der Waals surface area contributed by atoms with Gasteiger partial charge in [-0.2, -0.15) is 0 Å². The maximum atomic E-state index is 12.2. The van der Waals surface area contributed by atoms with Crippen LogP contribution in [0.1, 0.15) is 13.3 Å². The highest BCUT2D eigenvalue weighted by Gasteiger charge is 2.40. The molecule has 1 atom stereocenters. The van der Waals surface area contributed by atoms with Gasteiger partial charge in [-0.05, 0) is 31.2 Å². The molecule has 0 aliphatic carbocycles. The molecule has 6 nitrogen and oxygen atoms in total. The molecule has 0 radical (unpaired) electrons. The number of benzene rings is 1. The van der Waals surface area contributed by atoms with Crippen LogP contribution in [0.25, 0.3) is 0 Å². The quantitative estimate of drug-likeness (QED) is 0.802. The van der Waals surface area contributed by atoms with Gasteiger partial charge in [0.2, 0.25) is 11.8 Å². The monoisotopic (exact) mass is 309 g/mol. The predicted molar refractivity (Wildman–Crippen MR) is 78.6 cm³/mol. The largest absolute Gasteiger partial charge is 0.494 e. The number of anilines is 1. The van der Waals surface area contributed by atoms with E-state index < -0.39 is 11.2 Å². The van der Waals surface area contributed by atoms with Crippen LogP contribution in [-0.2, 0) is 14.4 Å². The molecule has 2 amide bonds. The van der Waals surface area contributed by atoms with Crippen LogP contribution >= 0.6 is 11.8 Å². The third-order valence-corrected chi connectivity index (χ3v) is 4.10. The van der Waals surface area contributed by atoms with Crippen molar-refractivity contribution in [3.05, 3.63) is 24.3 Å². The van der Waals surface area contributed by atoms with Gasteiger partial charge in [-0.25, -0.2) is 4.90 Å². The van der Waals surface area contributed by atoms with Gasteiger partial charge < -0.3 is 9.84 Å². The summed E-state index contributed by atoms with van der Waals surface area (Å²) in [6, 6.07) is 6.67. The first-order chi connectivity index (χ1) is 10.0. The third-order valence-electron chi connectivity index (χ3n) is 2.92. The molecular weight excluding hydrogens is 294 g/mol. The summed E-state index contributed by atoms with van der Waals surface area (Å²) < 4.78 is 5.31. The Bertz CT molecular complexity index is 557. The van der Waals surface area contributed by atoms with Crippen LogP contribution in [-0.4, -0.2) is 40.5 Å². The number of carbonyl (C=O) groups excluding carboxylic acids is 2. The van der Waals surface area contributed by atoms with E-state index in [0.717, 1.165) is 16.7 Å². The molecule has 0 spiro atoms. The van der Waals surface area contributed by atoms with E-state index in [1.165, 1.54) is 0 Å². The van der Waals surface area contributed by atoms with Gasteiger partial charge in [0.15, 0.2) is 0 Å². The van der Waals surface area contributed by atoms with Crippen molar-refractivity contribution >= 4 is 35.2 Å². The molecule has 1 aliphatic rings. The molecule has 0 unspecified atom stereocenters. The molecule has 1 aromatic rings. The van der Waals surface area contributed by atoms with Crippen LogP contribution in [0.3, 0.4) is 0 Å². The number of hydrogen-bond acceptors (Lipinski definition) is 5. The van der Waals surface area contributed by atoms with E-state index in [9.17, 15) is 14.4 Å². The molecule has 1 heterocycles. The third kappa shape index (κ3) is 3.55. The lowest BCUT2D eigenvalue weighted by Crippen LogP contribution is -2.31. The maximum absolute atomic E-state index is 12.2. The van der Waals surface area contributed by atoms with Crippen molar-refractivity contribution < 1.29 is 24.2 Å². The van der Waals surface area contributed by atoms with Crippen molar-refractivity contribution in [1.29, 1.82) is 0 Å². The number of aliphatic carboxylic acids is 1. The van der Waals surface area contributed by atoms with E-state index in [0.29, 0.717) is 18.0 Å². The average Bonchev–Trinajstić information content (AvgIpc) is 2.73. The normalized spacial score (nSPS) is 18.1. The van der Waals surface area contributed by atoms with Crippen molar-refractivity contribution in [2.75, 3.05) is 17.3 Å². The lowest BCUT2D eigenvalue weighted by atomic mass is 10.3. The van der Waals surface area contributed by atoms with Crippen LogP contribution in [0.4, 0.5) is 5.69 Å². The Morgan fingerprint density at radius 1 is 1.38 bits per heavy atom. The summed E-state index contributed by atoms with van der Waals surface area (Å²) in [6.45, 7) is 2.40. The van der Waals surface area contributed by atoms with Gasteiger partial charge in [0.25, 0.3) is 0 Å². The Kier molecular flexibility index (Phi) is 4.85. The van der Waals surface area contributed by atoms with Gasteiger partial charge in [-0.15, -0.1) is 11.8 Å². The van der Waals surface area contributed by atoms with Crippen LogP contribution in [0.5, 0.6) is 5.75 Å². The van der Waals surface area contributed by atoms with E-state index in [4.69, 9.17) is 9.84 Å². The van der Waals surface area contributed by atoms with Crippen molar-refractivity contribution in [2.45, 2.75) is 18.6 Å². The van der Waals surface area contributed by atoms with Gasteiger partial charge in [-0.1, -0.05) is 0 Å². The molecule has 2 rings (SSSR count). The minimum Gasteiger partial charge on any atom is -0.494 e. The van der Waals surface area contributed by atoms with E-state index in [1.807, 2.05) is 6.92 Å². The molecule has 1 fully saturated rings. The molecule has 1 N–H and O–H groups in total. The molecule has 0 aromatic heterocycles. The number of thioether (sulfide) groups is 1. The van der Waals surface area contributed by atoms with Crippen molar-refractivity contribution in [3.63, 3.8) is 0 Å². The molecule has 1 aliphatic heterocycles. The fourth-order valence-electron chi connectivity index (χ4n) is 2.04. The minimum atomic E-state index is -1.00. The van der Waals surface area contributed by atoms with Gasteiger partial charge >= 0.3 is 5.97 Å². The zero-order valence-electron chi connectivity index (χ0n) is 11.4. The van der Waals surface area contributed by atoms with Crippen LogP contribution in [0.2, 0.25) is 0 Å². The lowest BCUT2D eigenvalue weighted by Gasteiger charge is -2.15. The van der Waals surface area contributed by atoms with Crippen LogP contribution in [0.15, 0.2) is 24.3 Å². The summed E-state index contributed by atoms with van der Waals surface area (Å²) >= 11 is 0.977. The Morgan fingerprint density at radius 3 is 2.62 bits per heavy atom. The zero-order valence-corrected chi connectivity index (χ0v) is 12.3. The standard InChI is InChI=1S/C14H15NO5S/c1-2-20-10-5-3-9(4-6-10)15-12(16)7-11(14(15)19)21-8-13(17)18/h3-6,11H,2,7-8H2,1H3,(H,17,18)/t11-/m0/s1. The summed E-state index contributed by atoms with van der Waals surface area (Å²) in [5, 5.41) is 8.02. The summed E-state index contributed by atoms with van der Waals surface area (Å²) in [4.78, 5) is 35.8. The summed E-state index contributed by atoms with van der Waals surface area (Å²) in [6.07, 6.45) is 0.0317. The average molecular weight is 309 g/mol. The molecule has 112 valence electrons. The second-order valence-electron chi connectivity index (χ2n) is 4.39. The number of carboxylic acid groups (broad SMARTS) is 1. The van der Waals surface area contributed by atoms with Crippen molar-refractivity contribution in [1.82, 2.24) is 0 Å². The summed E-state index contributed by atoms with van der Waals surface area (Å²) in [7, 11) is 0. The molecule has 0 bridgehead atoms. The zero-order chi connectivity index (χ0) is 15.4. The highest BCUT2D eigenvalue weighted by molar-refractivity contribution is 8.01.